The van der Waals surface area contributed by atoms with Crippen LogP contribution in [0, 0.1) is 0 Å². The SMILES string of the molecule is NC(=O)C1CN(S(=O)(=O)c2ccc(Cl)cc2)c2ccccc2O1. The molecule has 0 spiro atoms. The largest absolute Gasteiger partial charge is 0.476 e. The lowest BCUT2D eigenvalue weighted by atomic mass is 10.2. The van der Waals surface area contributed by atoms with Gasteiger partial charge in [0.15, 0.2) is 6.10 Å². The van der Waals surface area contributed by atoms with E-state index in [9.17, 15) is 13.2 Å². The number of carbonyl (C=O) groups excluding carboxylic acids is 1. The van der Waals surface area contributed by atoms with E-state index in [4.69, 9.17) is 22.1 Å². The number of benzene rings is 2. The van der Waals surface area contributed by atoms with Crippen molar-refractivity contribution in [2.75, 3.05) is 10.8 Å². The van der Waals surface area contributed by atoms with Crippen LogP contribution in [0.1, 0.15) is 0 Å². The van der Waals surface area contributed by atoms with Crippen molar-refractivity contribution in [1.82, 2.24) is 0 Å². The van der Waals surface area contributed by atoms with Gasteiger partial charge in [-0.3, -0.25) is 9.10 Å². The van der Waals surface area contributed by atoms with Crippen LogP contribution in [0.5, 0.6) is 5.75 Å². The Morgan fingerprint density at radius 1 is 1.17 bits per heavy atom. The second-order valence-corrected chi connectivity index (χ2v) is 7.27. The molecule has 120 valence electrons. The Morgan fingerprint density at radius 2 is 1.83 bits per heavy atom. The summed E-state index contributed by atoms with van der Waals surface area (Å²) in [5.41, 5.74) is 5.65. The van der Waals surface area contributed by atoms with Crippen LogP contribution in [-0.2, 0) is 14.8 Å². The molecule has 0 fully saturated rings. The molecular formula is C15H13ClN2O4S. The fourth-order valence-corrected chi connectivity index (χ4v) is 3.91. The van der Waals surface area contributed by atoms with E-state index in [0.717, 1.165) is 4.31 Å². The van der Waals surface area contributed by atoms with Gasteiger partial charge in [-0.25, -0.2) is 8.42 Å². The number of nitrogens with two attached hydrogens (primary N) is 1. The number of rotatable bonds is 3. The highest BCUT2D eigenvalue weighted by Crippen LogP contribution is 2.36. The minimum atomic E-state index is -3.87. The molecule has 1 amide bonds. The van der Waals surface area contributed by atoms with Crippen molar-refractivity contribution in [2.45, 2.75) is 11.0 Å². The summed E-state index contributed by atoms with van der Waals surface area (Å²) in [6.07, 6.45) is -1.05. The standard InChI is InChI=1S/C15H13ClN2O4S/c16-10-5-7-11(8-6-10)23(20,21)18-9-14(15(17)19)22-13-4-2-1-3-12(13)18/h1-8,14H,9H2,(H2,17,19). The highest BCUT2D eigenvalue weighted by atomic mass is 35.5. The van der Waals surface area contributed by atoms with Gasteiger partial charge in [0, 0.05) is 5.02 Å². The molecule has 2 aromatic carbocycles. The average Bonchev–Trinajstić information content (AvgIpc) is 2.54. The zero-order valence-electron chi connectivity index (χ0n) is 11.8. The molecule has 0 saturated heterocycles. The molecule has 0 saturated carbocycles. The number of halogens is 1. The number of anilines is 1. The molecular weight excluding hydrogens is 340 g/mol. The molecule has 1 heterocycles. The first-order valence-electron chi connectivity index (χ1n) is 6.73. The predicted octanol–water partition coefficient (Wildman–Crippen LogP) is 1.78. The maximum atomic E-state index is 12.9. The lowest BCUT2D eigenvalue weighted by Gasteiger charge is -2.34. The van der Waals surface area contributed by atoms with Crippen LogP contribution >= 0.6 is 11.6 Å². The molecule has 2 N–H and O–H groups in total. The predicted molar refractivity (Wildman–Crippen MR) is 86.0 cm³/mol. The summed E-state index contributed by atoms with van der Waals surface area (Å²) in [6, 6.07) is 12.4. The number of hydrogen-bond acceptors (Lipinski definition) is 4. The van der Waals surface area contributed by atoms with E-state index in [1.54, 1.807) is 24.3 Å². The summed E-state index contributed by atoms with van der Waals surface area (Å²) in [5, 5.41) is 0.432. The maximum absolute atomic E-state index is 12.9. The minimum absolute atomic E-state index is 0.0711. The van der Waals surface area contributed by atoms with Crippen LogP contribution < -0.4 is 14.8 Å². The average molecular weight is 353 g/mol. The second kappa shape index (κ2) is 5.75. The van der Waals surface area contributed by atoms with Gasteiger partial charge < -0.3 is 10.5 Å². The summed E-state index contributed by atoms with van der Waals surface area (Å²) in [7, 11) is -3.87. The smallest absolute Gasteiger partial charge is 0.264 e. The molecule has 3 rings (SSSR count). The van der Waals surface area contributed by atoms with Gasteiger partial charge in [-0.15, -0.1) is 0 Å². The molecule has 6 nitrogen and oxygen atoms in total. The van der Waals surface area contributed by atoms with E-state index in [1.165, 1.54) is 24.3 Å². The fourth-order valence-electron chi connectivity index (χ4n) is 2.31. The number of sulfonamides is 1. The van der Waals surface area contributed by atoms with Gasteiger partial charge in [-0.05, 0) is 36.4 Å². The number of primary amides is 1. The maximum Gasteiger partial charge on any atom is 0.264 e. The highest BCUT2D eigenvalue weighted by molar-refractivity contribution is 7.92. The van der Waals surface area contributed by atoms with E-state index in [1.807, 2.05) is 0 Å². The quantitative estimate of drug-likeness (QED) is 0.911. The van der Waals surface area contributed by atoms with Crippen LogP contribution in [0.3, 0.4) is 0 Å². The van der Waals surface area contributed by atoms with Gasteiger partial charge >= 0.3 is 0 Å². The molecule has 0 aliphatic carbocycles. The third-order valence-corrected chi connectivity index (χ3v) is 5.50. The molecule has 1 atom stereocenters. The van der Waals surface area contributed by atoms with Crippen molar-refractivity contribution in [3.63, 3.8) is 0 Å². The molecule has 8 heteroatoms. The van der Waals surface area contributed by atoms with Crippen molar-refractivity contribution in [3.05, 3.63) is 53.6 Å². The van der Waals surface area contributed by atoms with Crippen molar-refractivity contribution in [3.8, 4) is 5.75 Å². The van der Waals surface area contributed by atoms with Crippen molar-refractivity contribution < 1.29 is 17.9 Å². The minimum Gasteiger partial charge on any atom is -0.476 e. The molecule has 1 aliphatic rings. The number of ether oxygens (including phenoxy) is 1. The van der Waals surface area contributed by atoms with Gasteiger partial charge in [0.2, 0.25) is 0 Å². The Labute approximate surface area is 138 Å². The summed E-state index contributed by atoms with van der Waals surface area (Å²) in [4.78, 5) is 11.5. The summed E-state index contributed by atoms with van der Waals surface area (Å²) in [5.74, 6) is -0.434. The number of hydrogen-bond donors (Lipinski definition) is 1. The fraction of sp³-hybridized carbons (Fsp3) is 0.133. The van der Waals surface area contributed by atoms with Crippen LogP contribution in [0.25, 0.3) is 0 Å². The normalized spacial score (nSPS) is 17.3. The Morgan fingerprint density at radius 3 is 2.48 bits per heavy atom. The summed E-state index contributed by atoms with van der Waals surface area (Å²) in [6.45, 7) is -0.183. The van der Waals surface area contributed by atoms with E-state index < -0.39 is 22.0 Å². The third kappa shape index (κ3) is 2.85. The molecule has 1 aliphatic heterocycles. The van der Waals surface area contributed by atoms with Gasteiger partial charge in [-0.2, -0.15) is 0 Å². The molecule has 2 aromatic rings. The summed E-state index contributed by atoms with van der Waals surface area (Å²) >= 11 is 5.80. The zero-order valence-corrected chi connectivity index (χ0v) is 13.4. The number of carbonyl (C=O) groups is 1. The first kappa shape index (κ1) is 15.6. The van der Waals surface area contributed by atoms with Gasteiger partial charge in [-0.1, -0.05) is 23.7 Å². The van der Waals surface area contributed by atoms with E-state index in [-0.39, 0.29) is 11.4 Å². The Hall–Kier alpha value is -2.25. The molecule has 23 heavy (non-hydrogen) atoms. The van der Waals surface area contributed by atoms with E-state index in [2.05, 4.69) is 0 Å². The van der Waals surface area contributed by atoms with E-state index in [0.29, 0.717) is 16.5 Å². The third-order valence-electron chi connectivity index (χ3n) is 3.45. The number of para-hydroxylation sites is 2. The summed E-state index contributed by atoms with van der Waals surface area (Å²) < 4.78 is 32.4. The van der Waals surface area contributed by atoms with Crippen LogP contribution in [-0.4, -0.2) is 27.0 Å². The molecule has 0 aromatic heterocycles. The number of amides is 1. The van der Waals surface area contributed by atoms with Crippen LogP contribution in [0.4, 0.5) is 5.69 Å². The number of nitrogens with zero attached hydrogens (tertiary/aromatic N) is 1. The molecule has 0 bridgehead atoms. The number of fused-ring (bicyclic) bond motifs is 1. The van der Waals surface area contributed by atoms with Crippen molar-refractivity contribution in [1.29, 1.82) is 0 Å². The Kier molecular flexibility index (Phi) is 3.91. The zero-order chi connectivity index (χ0) is 16.6. The first-order valence-corrected chi connectivity index (χ1v) is 8.55. The molecule has 1 unspecified atom stereocenters. The monoisotopic (exact) mass is 352 g/mol. The van der Waals surface area contributed by atoms with Gasteiger partial charge in [0.1, 0.15) is 5.75 Å². The van der Waals surface area contributed by atoms with Gasteiger partial charge in [0.05, 0.1) is 17.1 Å². The van der Waals surface area contributed by atoms with Crippen LogP contribution in [0.2, 0.25) is 5.02 Å². The van der Waals surface area contributed by atoms with E-state index >= 15 is 0 Å². The van der Waals surface area contributed by atoms with Crippen LogP contribution in [0.15, 0.2) is 53.4 Å². The van der Waals surface area contributed by atoms with Gasteiger partial charge in [0.25, 0.3) is 15.9 Å². The first-order chi connectivity index (χ1) is 10.9. The Bertz CT molecular complexity index is 852. The lowest BCUT2D eigenvalue weighted by Crippen LogP contribution is -2.49. The lowest BCUT2D eigenvalue weighted by molar-refractivity contribution is -0.124. The van der Waals surface area contributed by atoms with Crippen molar-refractivity contribution in [2.24, 2.45) is 5.73 Å². The molecule has 0 radical (unpaired) electrons. The Balaban J connectivity index is 2.10. The topological polar surface area (TPSA) is 89.7 Å². The van der Waals surface area contributed by atoms with Crippen molar-refractivity contribution >= 4 is 33.2 Å². The second-order valence-electron chi connectivity index (χ2n) is 4.97. The highest BCUT2D eigenvalue weighted by Gasteiger charge is 2.36.